The van der Waals surface area contributed by atoms with Crippen LogP contribution in [0.15, 0.2) is 105 Å². The summed E-state index contributed by atoms with van der Waals surface area (Å²) in [7, 11) is 0. The summed E-state index contributed by atoms with van der Waals surface area (Å²) in [4.78, 5) is 13.1. The first-order valence-corrected chi connectivity index (χ1v) is 14.3. The molecule has 1 unspecified atom stereocenters. The molecule has 0 aliphatic carbocycles. The highest BCUT2D eigenvalue weighted by atomic mass is 79.9. The first-order valence-electron chi connectivity index (χ1n) is 11.7. The monoisotopic (exact) mass is 638 g/mol. The molecule has 4 aromatic carbocycles. The number of nitrogens with zero attached hydrogens (tertiary/aromatic N) is 1. The van der Waals surface area contributed by atoms with Crippen LogP contribution in [-0.2, 0) is 13.1 Å². The summed E-state index contributed by atoms with van der Waals surface area (Å²) in [6.45, 7) is 0.866. The number of rotatable bonds is 8. The van der Waals surface area contributed by atoms with Crippen LogP contribution in [-0.4, -0.2) is 27.6 Å². The van der Waals surface area contributed by atoms with Crippen molar-refractivity contribution < 1.29 is 14.6 Å². The predicted octanol–water partition coefficient (Wildman–Crippen LogP) is 7.76. The third kappa shape index (κ3) is 6.38. The first kappa shape index (κ1) is 25.9. The highest BCUT2D eigenvalue weighted by Gasteiger charge is 2.15. The van der Waals surface area contributed by atoms with Crippen LogP contribution in [0, 0.1) is 0 Å². The van der Waals surface area contributed by atoms with E-state index in [4.69, 9.17) is 4.74 Å². The van der Waals surface area contributed by atoms with Gasteiger partial charge in [-0.1, -0.05) is 68.3 Å². The van der Waals surface area contributed by atoms with Gasteiger partial charge in [0, 0.05) is 54.5 Å². The van der Waals surface area contributed by atoms with Gasteiger partial charge in [-0.15, -0.1) is 11.8 Å². The molecule has 2 N–H and O–H groups in total. The van der Waals surface area contributed by atoms with Crippen molar-refractivity contribution >= 4 is 71.5 Å². The van der Waals surface area contributed by atoms with E-state index < -0.39 is 12.2 Å². The number of fused-ring (bicyclic) bond motifs is 3. The van der Waals surface area contributed by atoms with Gasteiger partial charge in [0.2, 0.25) is 0 Å². The van der Waals surface area contributed by atoms with E-state index in [1.54, 1.807) is 6.07 Å². The van der Waals surface area contributed by atoms with Crippen LogP contribution in [0.25, 0.3) is 21.8 Å². The lowest BCUT2D eigenvalue weighted by atomic mass is 10.2. The summed E-state index contributed by atoms with van der Waals surface area (Å²) >= 11 is 8.68. The number of thioether (sulfide) groups is 1. The van der Waals surface area contributed by atoms with Gasteiger partial charge in [-0.05, 0) is 60.2 Å². The molecule has 8 heteroatoms. The summed E-state index contributed by atoms with van der Waals surface area (Å²) in [5.41, 5.74) is 3.16. The largest absolute Gasteiger partial charge is 0.412 e. The molecule has 5 rings (SSSR count). The highest BCUT2D eigenvalue weighted by Crippen LogP contribution is 2.33. The minimum absolute atomic E-state index is 0.400. The van der Waals surface area contributed by atoms with Gasteiger partial charge in [-0.25, -0.2) is 4.79 Å². The summed E-state index contributed by atoms with van der Waals surface area (Å²) in [6.07, 6.45) is -1.08. The standard InChI is InChI=1S/C29H24Br2N2O3S/c30-20-9-11-27-25(13-20)26-14-21(31)10-12-28(26)33(27)17-22(34)18-37-24-8-4-7-23(15-24)36-29(35)32-16-19-5-2-1-3-6-19/h1-15,22,34H,16-18H2,(H,32,35). The number of hydrogen-bond acceptors (Lipinski definition) is 4. The van der Waals surface area contributed by atoms with E-state index in [1.165, 1.54) is 11.8 Å². The molecular weight excluding hydrogens is 616 g/mol. The molecular formula is C29H24Br2N2O3S. The molecule has 0 saturated carbocycles. The number of ether oxygens (including phenoxy) is 1. The van der Waals surface area contributed by atoms with E-state index in [0.717, 1.165) is 41.2 Å². The van der Waals surface area contributed by atoms with Crippen LogP contribution < -0.4 is 10.1 Å². The fourth-order valence-electron chi connectivity index (χ4n) is 4.24. The van der Waals surface area contributed by atoms with Crippen molar-refractivity contribution in [3.8, 4) is 5.75 Å². The van der Waals surface area contributed by atoms with Crippen LogP contribution in [0.4, 0.5) is 4.79 Å². The van der Waals surface area contributed by atoms with Crippen LogP contribution in [0.5, 0.6) is 5.75 Å². The summed E-state index contributed by atoms with van der Waals surface area (Å²) in [6, 6.07) is 29.5. The number of nitrogens with one attached hydrogen (secondary N) is 1. The Hall–Kier alpha value is -2.78. The molecule has 188 valence electrons. The van der Waals surface area contributed by atoms with Crippen LogP contribution in [0.2, 0.25) is 0 Å². The van der Waals surface area contributed by atoms with Crippen molar-refractivity contribution in [1.82, 2.24) is 9.88 Å². The molecule has 0 radical (unpaired) electrons. The van der Waals surface area contributed by atoms with Gasteiger partial charge in [0.1, 0.15) is 5.75 Å². The van der Waals surface area contributed by atoms with Crippen molar-refractivity contribution in [2.45, 2.75) is 24.1 Å². The first-order chi connectivity index (χ1) is 18.0. The zero-order valence-electron chi connectivity index (χ0n) is 19.7. The Morgan fingerprint density at radius 3 is 2.24 bits per heavy atom. The van der Waals surface area contributed by atoms with Crippen molar-refractivity contribution in [2.24, 2.45) is 0 Å². The van der Waals surface area contributed by atoms with E-state index in [1.807, 2.05) is 60.7 Å². The van der Waals surface area contributed by atoms with Gasteiger partial charge in [0.25, 0.3) is 0 Å². The molecule has 0 saturated heterocycles. The van der Waals surface area contributed by atoms with Gasteiger partial charge >= 0.3 is 6.09 Å². The van der Waals surface area contributed by atoms with Crippen molar-refractivity contribution in [1.29, 1.82) is 0 Å². The number of halogens is 2. The second-order valence-electron chi connectivity index (χ2n) is 8.60. The van der Waals surface area contributed by atoms with Gasteiger partial charge in [-0.2, -0.15) is 0 Å². The molecule has 1 amide bonds. The lowest BCUT2D eigenvalue weighted by Crippen LogP contribution is -2.26. The lowest BCUT2D eigenvalue weighted by molar-refractivity contribution is 0.181. The zero-order chi connectivity index (χ0) is 25.8. The van der Waals surface area contributed by atoms with Crippen LogP contribution >= 0.6 is 43.6 Å². The average Bonchev–Trinajstić information content (AvgIpc) is 3.18. The Labute approximate surface area is 236 Å². The number of amides is 1. The maximum absolute atomic E-state index is 12.2. The van der Waals surface area contributed by atoms with E-state index in [0.29, 0.717) is 24.6 Å². The van der Waals surface area contributed by atoms with E-state index >= 15 is 0 Å². The second-order valence-corrected chi connectivity index (χ2v) is 11.5. The number of carbonyl (C=O) groups excluding carboxylic acids is 1. The number of hydrogen-bond donors (Lipinski definition) is 2. The van der Waals surface area contributed by atoms with Crippen molar-refractivity contribution in [3.05, 3.63) is 106 Å². The predicted molar refractivity (Wildman–Crippen MR) is 157 cm³/mol. The molecule has 0 aliphatic heterocycles. The number of carbonyl (C=O) groups is 1. The molecule has 0 aliphatic rings. The smallest absolute Gasteiger partial charge is 0.410 e. The lowest BCUT2D eigenvalue weighted by Gasteiger charge is -2.14. The number of aromatic nitrogens is 1. The summed E-state index contributed by atoms with van der Waals surface area (Å²) in [5.74, 6) is 0.960. The van der Waals surface area contributed by atoms with Crippen molar-refractivity contribution in [3.63, 3.8) is 0 Å². The minimum atomic E-state index is -0.574. The molecule has 0 spiro atoms. The fourth-order valence-corrected chi connectivity index (χ4v) is 5.83. The Bertz CT molecular complexity index is 1500. The third-order valence-corrected chi connectivity index (χ3v) is 8.05. The van der Waals surface area contributed by atoms with E-state index in [-0.39, 0.29) is 0 Å². The Morgan fingerprint density at radius 2 is 1.57 bits per heavy atom. The second kappa shape index (κ2) is 11.7. The average molecular weight is 640 g/mol. The molecule has 0 bridgehead atoms. The van der Waals surface area contributed by atoms with E-state index in [9.17, 15) is 9.90 Å². The van der Waals surface area contributed by atoms with Gasteiger partial charge in [0.05, 0.1) is 6.10 Å². The topological polar surface area (TPSA) is 63.5 Å². The molecule has 1 aromatic heterocycles. The summed E-state index contributed by atoms with van der Waals surface area (Å²) < 4.78 is 9.66. The maximum Gasteiger partial charge on any atom is 0.412 e. The molecule has 0 fully saturated rings. The number of aliphatic hydroxyl groups excluding tert-OH is 1. The highest BCUT2D eigenvalue weighted by molar-refractivity contribution is 9.10. The van der Waals surface area contributed by atoms with Gasteiger partial charge < -0.3 is 19.7 Å². The zero-order valence-corrected chi connectivity index (χ0v) is 23.7. The molecule has 5 aromatic rings. The SMILES string of the molecule is O=C(NCc1ccccc1)Oc1cccc(SCC(O)Cn2c3ccc(Br)cc3c3cc(Br)ccc32)c1. The minimum Gasteiger partial charge on any atom is -0.410 e. The van der Waals surface area contributed by atoms with Crippen LogP contribution in [0.3, 0.4) is 0 Å². The van der Waals surface area contributed by atoms with Gasteiger partial charge in [-0.3, -0.25) is 0 Å². The summed E-state index contributed by atoms with van der Waals surface area (Å²) in [5, 5.41) is 16.0. The molecule has 37 heavy (non-hydrogen) atoms. The normalized spacial score (nSPS) is 12.1. The Balaban J connectivity index is 1.22. The van der Waals surface area contributed by atoms with E-state index in [2.05, 4.69) is 66.0 Å². The molecule has 1 heterocycles. The third-order valence-electron chi connectivity index (χ3n) is 5.92. The quantitative estimate of drug-likeness (QED) is 0.170. The molecule has 5 nitrogen and oxygen atoms in total. The molecule has 1 atom stereocenters. The number of aliphatic hydroxyl groups is 1. The maximum atomic E-state index is 12.2. The van der Waals surface area contributed by atoms with Crippen LogP contribution in [0.1, 0.15) is 5.56 Å². The Morgan fingerprint density at radius 1 is 0.892 bits per heavy atom. The van der Waals surface area contributed by atoms with Gasteiger partial charge in [0.15, 0.2) is 0 Å². The van der Waals surface area contributed by atoms with Crippen molar-refractivity contribution in [2.75, 3.05) is 5.75 Å². The number of benzene rings is 4. The fraction of sp³-hybridized carbons (Fsp3) is 0.138. The Kier molecular flexibility index (Phi) is 8.20.